The molecule has 8 heteroatoms. The molecule has 3 heterocycles. The number of anilines is 2. The van der Waals surface area contributed by atoms with Crippen LogP contribution in [0, 0.1) is 0 Å². The van der Waals surface area contributed by atoms with Crippen LogP contribution in [0.25, 0.3) is 0 Å². The minimum absolute atomic E-state index is 0.132. The first kappa shape index (κ1) is 20.7. The summed E-state index contributed by atoms with van der Waals surface area (Å²) in [6.07, 6.45) is 5.38. The van der Waals surface area contributed by atoms with E-state index in [4.69, 9.17) is 27.9 Å². The van der Waals surface area contributed by atoms with Crippen molar-refractivity contribution >= 4 is 34.8 Å². The van der Waals surface area contributed by atoms with E-state index in [9.17, 15) is 5.11 Å². The van der Waals surface area contributed by atoms with Gasteiger partial charge in [0.25, 0.3) is 0 Å². The molecule has 0 saturated carbocycles. The number of nitrogens with zero attached hydrogens (tertiary/aromatic N) is 3. The third kappa shape index (κ3) is 4.45. The van der Waals surface area contributed by atoms with E-state index in [1.165, 1.54) is 0 Å². The molecule has 6 nitrogen and oxygen atoms in total. The van der Waals surface area contributed by atoms with E-state index in [1.807, 2.05) is 18.2 Å². The number of ether oxygens (including phenoxy) is 1. The maximum absolute atomic E-state index is 9.61. The molecule has 1 unspecified atom stereocenters. The van der Waals surface area contributed by atoms with Crippen molar-refractivity contribution in [2.75, 3.05) is 43.1 Å². The molecule has 0 bridgehead atoms. The van der Waals surface area contributed by atoms with E-state index >= 15 is 0 Å². The number of hydrogen-bond donors (Lipinski definition) is 2. The van der Waals surface area contributed by atoms with Crippen molar-refractivity contribution in [3.05, 3.63) is 46.2 Å². The smallest absolute Gasteiger partial charge is 0.134 e. The van der Waals surface area contributed by atoms with Crippen LogP contribution in [0.5, 0.6) is 0 Å². The van der Waals surface area contributed by atoms with Crippen LogP contribution < -0.4 is 10.2 Å². The molecule has 1 atom stereocenters. The third-order valence-electron chi connectivity index (χ3n) is 6.10. The van der Waals surface area contributed by atoms with Crippen molar-refractivity contribution in [3.8, 4) is 0 Å². The van der Waals surface area contributed by atoms with Crippen molar-refractivity contribution in [1.82, 2.24) is 9.97 Å². The fraction of sp³-hybridized carbons (Fsp3) is 0.524. The number of benzene rings is 1. The largest absolute Gasteiger partial charge is 0.394 e. The lowest BCUT2D eigenvalue weighted by molar-refractivity contribution is 0.0544. The van der Waals surface area contributed by atoms with Crippen LogP contribution in [0.3, 0.4) is 0 Å². The molecular weight excluding hydrogens is 411 g/mol. The van der Waals surface area contributed by atoms with Crippen LogP contribution in [0.2, 0.25) is 10.0 Å². The van der Waals surface area contributed by atoms with Gasteiger partial charge in [0.2, 0.25) is 0 Å². The zero-order chi connectivity index (χ0) is 20.3. The first-order valence-corrected chi connectivity index (χ1v) is 10.8. The summed E-state index contributed by atoms with van der Waals surface area (Å²) >= 11 is 12.7. The van der Waals surface area contributed by atoms with Gasteiger partial charge in [-0.05, 0) is 43.4 Å². The van der Waals surface area contributed by atoms with Crippen molar-refractivity contribution in [1.29, 1.82) is 0 Å². The predicted octanol–water partition coefficient (Wildman–Crippen LogP) is 3.90. The van der Waals surface area contributed by atoms with Crippen LogP contribution in [0.1, 0.15) is 31.2 Å². The minimum Gasteiger partial charge on any atom is -0.394 e. The van der Waals surface area contributed by atoms with Crippen molar-refractivity contribution < 1.29 is 9.84 Å². The molecule has 1 aromatic heterocycles. The Kier molecular flexibility index (Phi) is 6.44. The second kappa shape index (κ2) is 9.04. The summed E-state index contributed by atoms with van der Waals surface area (Å²) < 4.78 is 5.62. The highest BCUT2D eigenvalue weighted by Crippen LogP contribution is 2.40. The number of hydrogen-bond acceptors (Lipinski definition) is 6. The molecule has 0 amide bonds. The summed E-state index contributed by atoms with van der Waals surface area (Å²) in [6.45, 7) is 3.13. The molecule has 2 aromatic rings. The van der Waals surface area contributed by atoms with E-state index in [2.05, 4.69) is 20.2 Å². The minimum atomic E-state index is -0.147. The third-order valence-corrected chi connectivity index (χ3v) is 6.64. The molecular formula is C21H26Cl2N4O2. The van der Waals surface area contributed by atoms with E-state index in [0.717, 1.165) is 49.4 Å². The molecule has 1 aromatic carbocycles. The Morgan fingerprint density at radius 3 is 2.79 bits per heavy atom. The van der Waals surface area contributed by atoms with Gasteiger partial charge in [-0.1, -0.05) is 29.3 Å². The molecule has 0 aliphatic carbocycles. The molecule has 2 aliphatic rings. The number of halogens is 2. The number of rotatable bonds is 6. The van der Waals surface area contributed by atoms with E-state index in [1.54, 1.807) is 12.4 Å². The van der Waals surface area contributed by atoms with Crippen molar-refractivity contribution in [2.45, 2.75) is 37.1 Å². The summed E-state index contributed by atoms with van der Waals surface area (Å²) in [4.78, 5) is 11.0. The van der Waals surface area contributed by atoms with Gasteiger partial charge in [0.1, 0.15) is 18.0 Å². The summed E-state index contributed by atoms with van der Waals surface area (Å²) in [5, 5.41) is 14.4. The second-order valence-electron chi connectivity index (χ2n) is 7.80. The van der Waals surface area contributed by atoms with E-state index in [0.29, 0.717) is 29.8 Å². The zero-order valence-corrected chi connectivity index (χ0v) is 17.8. The Balaban J connectivity index is 1.55. The van der Waals surface area contributed by atoms with Crippen LogP contribution in [0.15, 0.2) is 30.6 Å². The Bertz CT molecular complexity index is 845. The van der Waals surface area contributed by atoms with E-state index < -0.39 is 0 Å². The van der Waals surface area contributed by atoms with E-state index in [-0.39, 0.29) is 18.1 Å². The molecule has 0 spiro atoms. The predicted molar refractivity (Wildman–Crippen MR) is 116 cm³/mol. The molecule has 156 valence electrons. The monoisotopic (exact) mass is 436 g/mol. The van der Waals surface area contributed by atoms with Gasteiger partial charge < -0.3 is 20.1 Å². The van der Waals surface area contributed by atoms with Crippen molar-refractivity contribution in [2.24, 2.45) is 0 Å². The number of aromatic nitrogens is 2. The van der Waals surface area contributed by atoms with Crippen LogP contribution in [-0.2, 0) is 10.2 Å². The molecule has 2 saturated heterocycles. The topological polar surface area (TPSA) is 70.5 Å². The molecule has 2 N–H and O–H groups in total. The van der Waals surface area contributed by atoms with Gasteiger partial charge in [0, 0.05) is 47.8 Å². The number of nitrogens with one attached hydrogen (secondary N) is 1. The van der Waals surface area contributed by atoms with Crippen LogP contribution >= 0.6 is 23.2 Å². The summed E-state index contributed by atoms with van der Waals surface area (Å²) in [7, 11) is 0. The first-order chi connectivity index (χ1) is 14.1. The normalized spacial score (nSPS) is 21.3. The molecule has 29 heavy (non-hydrogen) atoms. The van der Waals surface area contributed by atoms with Crippen LogP contribution in [0.4, 0.5) is 11.6 Å². The lowest BCUT2D eigenvalue weighted by Crippen LogP contribution is -2.40. The maximum Gasteiger partial charge on any atom is 0.134 e. The first-order valence-electron chi connectivity index (χ1n) is 10.1. The Hall–Kier alpha value is -1.60. The highest BCUT2D eigenvalue weighted by Gasteiger charge is 2.36. The summed E-state index contributed by atoms with van der Waals surface area (Å²) in [5.41, 5.74) is 0.945. The van der Waals surface area contributed by atoms with Crippen molar-refractivity contribution in [3.63, 3.8) is 0 Å². The Morgan fingerprint density at radius 2 is 2.03 bits per heavy atom. The quantitative estimate of drug-likeness (QED) is 0.715. The van der Waals surface area contributed by atoms with Gasteiger partial charge in [-0.3, -0.25) is 0 Å². The van der Waals surface area contributed by atoms with Gasteiger partial charge in [-0.25, -0.2) is 9.97 Å². The Labute approximate surface area is 181 Å². The molecule has 0 radical (unpaired) electrons. The average Bonchev–Trinajstić information content (AvgIpc) is 3.22. The average molecular weight is 437 g/mol. The maximum atomic E-state index is 9.61. The van der Waals surface area contributed by atoms with Gasteiger partial charge in [0.15, 0.2) is 0 Å². The van der Waals surface area contributed by atoms with Crippen LogP contribution in [-0.4, -0.2) is 54.0 Å². The fourth-order valence-electron chi connectivity index (χ4n) is 4.41. The highest BCUT2D eigenvalue weighted by molar-refractivity contribution is 6.35. The lowest BCUT2D eigenvalue weighted by Gasteiger charge is -2.38. The highest BCUT2D eigenvalue weighted by atomic mass is 35.5. The lowest BCUT2D eigenvalue weighted by atomic mass is 9.74. The van der Waals surface area contributed by atoms with Gasteiger partial charge in [0.05, 0.1) is 12.6 Å². The molecule has 4 rings (SSSR count). The molecule has 2 fully saturated rings. The SMILES string of the molecule is OCC1CCCN1c1cc(NCC2(c3ccc(Cl)cc3Cl)CCOCC2)ncn1. The van der Waals surface area contributed by atoms with Gasteiger partial charge >= 0.3 is 0 Å². The summed E-state index contributed by atoms with van der Waals surface area (Å²) in [5.74, 6) is 1.62. The summed E-state index contributed by atoms with van der Waals surface area (Å²) in [6, 6.07) is 7.82. The number of aliphatic hydroxyl groups is 1. The number of aliphatic hydroxyl groups excluding tert-OH is 1. The van der Waals surface area contributed by atoms with Gasteiger partial charge in [-0.15, -0.1) is 0 Å². The Morgan fingerprint density at radius 1 is 1.21 bits per heavy atom. The standard InChI is InChI=1S/C21H26Cl2N4O2/c22-15-3-4-17(18(23)10-15)21(5-8-29-9-6-21)13-24-19-11-20(26-14-25-19)27-7-1-2-16(27)12-28/h3-4,10-11,14,16,28H,1-2,5-9,12-13H2,(H,24,25,26). The fourth-order valence-corrected chi connectivity index (χ4v) is 5.02. The molecule has 2 aliphatic heterocycles. The van der Waals surface area contributed by atoms with Gasteiger partial charge in [-0.2, -0.15) is 0 Å². The second-order valence-corrected chi connectivity index (χ2v) is 8.65. The zero-order valence-electron chi connectivity index (χ0n) is 16.3.